The van der Waals surface area contributed by atoms with Gasteiger partial charge in [-0.15, -0.1) is 0 Å². The summed E-state index contributed by atoms with van der Waals surface area (Å²) in [6.07, 6.45) is 0. The fraction of sp³-hybridized carbons (Fsp3) is 0.267. The first-order valence-electron chi connectivity index (χ1n) is 6.12. The molecule has 0 amide bonds. The molecule has 0 aliphatic rings. The Labute approximate surface area is 113 Å². The van der Waals surface area contributed by atoms with E-state index in [4.69, 9.17) is 9.72 Å². The maximum absolute atomic E-state index is 5.17. The zero-order valence-electron chi connectivity index (χ0n) is 11.4. The molecule has 0 saturated carbocycles. The van der Waals surface area contributed by atoms with Crippen molar-refractivity contribution in [3.8, 4) is 17.0 Å². The molecule has 0 N–H and O–H groups in total. The van der Waals surface area contributed by atoms with Crippen LogP contribution in [0.3, 0.4) is 0 Å². The summed E-state index contributed by atoms with van der Waals surface area (Å²) in [6, 6.07) is 14.4. The summed E-state index contributed by atoms with van der Waals surface area (Å²) >= 11 is -2.08. The molecule has 0 aliphatic carbocycles. The Morgan fingerprint density at radius 1 is 0.944 bits per heavy atom. The van der Waals surface area contributed by atoms with Gasteiger partial charge in [0.05, 0.1) is 0 Å². The molecule has 0 spiro atoms. The van der Waals surface area contributed by atoms with Crippen molar-refractivity contribution < 1.29 is 4.74 Å². The van der Waals surface area contributed by atoms with Crippen molar-refractivity contribution in [3.63, 3.8) is 0 Å². The minimum absolute atomic E-state index is 0.880. The Morgan fingerprint density at radius 3 is 2.17 bits per heavy atom. The number of hydrogen-bond acceptors (Lipinski definition) is 2. The van der Waals surface area contributed by atoms with Gasteiger partial charge < -0.3 is 0 Å². The van der Waals surface area contributed by atoms with E-state index in [0.29, 0.717) is 0 Å². The number of methoxy groups -OCH3 is 1. The molecule has 0 unspecified atom stereocenters. The molecule has 0 bridgehead atoms. The van der Waals surface area contributed by atoms with Crippen molar-refractivity contribution in [2.24, 2.45) is 0 Å². The van der Waals surface area contributed by atoms with Crippen LogP contribution in [-0.4, -0.2) is 30.5 Å². The average Bonchev–Trinajstić information content (AvgIpc) is 2.38. The molecular formula is C15H19NOSn. The van der Waals surface area contributed by atoms with E-state index >= 15 is 0 Å². The summed E-state index contributed by atoms with van der Waals surface area (Å²) in [6.45, 7) is 0. The van der Waals surface area contributed by atoms with Gasteiger partial charge in [0.15, 0.2) is 0 Å². The molecule has 1 heterocycles. The Morgan fingerprint density at radius 2 is 1.61 bits per heavy atom. The Kier molecular flexibility index (Phi) is 3.95. The van der Waals surface area contributed by atoms with Crippen LogP contribution >= 0.6 is 0 Å². The minimum atomic E-state index is -2.08. The third kappa shape index (κ3) is 3.05. The summed E-state index contributed by atoms with van der Waals surface area (Å²) in [5, 5.41) is 0. The van der Waals surface area contributed by atoms with Crippen LogP contribution in [0, 0.1) is 0 Å². The fourth-order valence-corrected chi connectivity index (χ4v) is 4.78. The number of nitrogens with zero attached hydrogens (tertiary/aromatic N) is 1. The second-order valence-electron chi connectivity index (χ2n) is 5.39. The van der Waals surface area contributed by atoms with Gasteiger partial charge in [-0.2, -0.15) is 0 Å². The number of rotatable bonds is 3. The molecule has 2 nitrogen and oxygen atoms in total. The van der Waals surface area contributed by atoms with Crippen LogP contribution in [-0.2, 0) is 0 Å². The van der Waals surface area contributed by atoms with Gasteiger partial charge in [-0.1, -0.05) is 0 Å². The molecule has 1 aromatic heterocycles. The van der Waals surface area contributed by atoms with E-state index < -0.39 is 18.4 Å². The third-order valence-corrected chi connectivity index (χ3v) is 8.08. The van der Waals surface area contributed by atoms with E-state index in [2.05, 4.69) is 45.2 Å². The van der Waals surface area contributed by atoms with E-state index in [1.165, 1.54) is 3.71 Å². The zero-order valence-corrected chi connectivity index (χ0v) is 14.3. The summed E-state index contributed by atoms with van der Waals surface area (Å²) in [7, 11) is 1.68. The second kappa shape index (κ2) is 5.31. The summed E-state index contributed by atoms with van der Waals surface area (Å²) < 4.78 is 6.49. The molecule has 3 heteroatoms. The number of aromatic nitrogens is 1. The Bertz CT molecular complexity index is 529. The van der Waals surface area contributed by atoms with E-state index in [9.17, 15) is 0 Å². The predicted molar refractivity (Wildman–Crippen MR) is 79.2 cm³/mol. The summed E-state index contributed by atoms with van der Waals surface area (Å²) in [5.41, 5.74) is 2.20. The molecule has 0 saturated heterocycles. The van der Waals surface area contributed by atoms with Gasteiger partial charge in [0.2, 0.25) is 0 Å². The second-order valence-corrected chi connectivity index (χ2v) is 19.7. The topological polar surface area (TPSA) is 22.1 Å². The summed E-state index contributed by atoms with van der Waals surface area (Å²) in [4.78, 5) is 12.0. The van der Waals surface area contributed by atoms with Crippen LogP contribution in [0.5, 0.6) is 5.75 Å². The first-order chi connectivity index (χ1) is 8.50. The van der Waals surface area contributed by atoms with Crippen LogP contribution < -0.4 is 8.45 Å². The monoisotopic (exact) mass is 349 g/mol. The van der Waals surface area contributed by atoms with Gasteiger partial charge in [-0.05, 0) is 0 Å². The van der Waals surface area contributed by atoms with Gasteiger partial charge in [0.1, 0.15) is 0 Å². The molecule has 18 heavy (non-hydrogen) atoms. The van der Waals surface area contributed by atoms with Crippen LogP contribution in [0.1, 0.15) is 0 Å². The van der Waals surface area contributed by atoms with Gasteiger partial charge in [-0.25, -0.2) is 0 Å². The number of ether oxygens (including phenoxy) is 1. The van der Waals surface area contributed by atoms with Crippen molar-refractivity contribution in [1.82, 2.24) is 4.98 Å². The van der Waals surface area contributed by atoms with Gasteiger partial charge in [-0.3, -0.25) is 0 Å². The molecule has 2 rings (SSSR count). The Balaban J connectivity index is 2.38. The van der Waals surface area contributed by atoms with Crippen molar-refractivity contribution in [3.05, 3.63) is 42.5 Å². The fourth-order valence-electron chi connectivity index (χ4n) is 1.77. The van der Waals surface area contributed by atoms with E-state index in [1.54, 1.807) is 7.11 Å². The standard InChI is InChI=1S/C12H10NO.3CH3.Sn/c1-14-11-7-5-10(6-8-11)12-4-2-3-9-13-12;;;;/h2-8H,1H3;3*1H3;. The van der Waals surface area contributed by atoms with E-state index in [0.717, 1.165) is 17.0 Å². The van der Waals surface area contributed by atoms with Crippen LogP contribution in [0.15, 0.2) is 42.5 Å². The zero-order chi connectivity index (χ0) is 13.2. The third-order valence-electron chi connectivity index (χ3n) is 2.90. The molecule has 1 aromatic carbocycles. The first kappa shape index (κ1) is 13.4. The first-order valence-corrected chi connectivity index (χ1v) is 16.1. The number of hydrogen-bond donors (Lipinski definition) is 0. The number of benzene rings is 1. The van der Waals surface area contributed by atoms with Crippen LogP contribution in [0.25, 0.3) is 11.3 Å². The normalized spacial score (nSPS) is 11.3. The van der Waals surface area contributed by atoms with Crippen LogP contribution in [0.2, 0.25) is 14.8 Å². The molecule has 0 fully saturated rings. The molecule has 0 aliphatic heterocycles. The quantitative estimate of drug-likeness (QED) is 0.795. The van der Waals surface area contributed by atoms with Gasteiger partial charge >= 0.3 is 113 Å². The van der Waals surface area contributed by atoms with Crippen molar-refractivity contribution in [1.29, 1.82) is 0 Å². The molecular weight excluding hydrogens is 329 g/mol. The molecule has 0 radical (unpaired) electrons. The number of pyridine rings is 1. The van der Waals surface area contributed by atoms with Crippen molar-refractivity contribution >= 4 is 22.1 Å². The van der Waals surface area contributed by atoms with E-state index in [-0.39, 0.29) is 0 Å². The average molecular weight is 348 g/mol. The maximum atomic E-state index is 5.17. The summed E-state index contributed by atoms with van der Waals surface area (Å²) in [5.74, 6) is 0.880. The molecule has 0 atom stereocenters. The molecule has 2 aromatic rings. The predicted octanol–water partition coefficient (Wildman–Crippen LogP) is 3.30. The van der Waals surface area contributed by atoms with Crippen molar-refractivity contribution in [2.75, 3.05) is 7.11 Å². The van der Waals surface area contributed by atoms with Crippen molar-refractivity contribution in [2.45, 2.75) is 14.8 Å². The van der Waals surface area contributed by atoms with Gasteiger partial charge in [0, 0.05) is 0 Å². The SMILES string of the molecule is COc1ccc(-c2ccc[c]([Sn]([CH3])([CH3])[CH3])n2)cc1. The van der Waals surface area contributed by atoms with Gasteiger partial charge in [0.25, 0.3) is 0 Å². The molecule has 94 valence electrons. The van der Waals surface area contributed by atoms with E-state index in [1.807, 2.05) is 12.1 Å². The van der Waals surface area contributed by atoms with Crippen LogP contribution in [0.4, 0.5) is 0 Å². The Hall–Kier alpha value is -1.03.